The summed E-state index contributed by atoms with van der Waals surface area (Å²) >= 11 is 0. The molecule has 2 aliphatic rings. The molecular formula is C13H17NO2SY. The first-order valence-corrected chi connectivity index (χ1v) is 7.66. The van der Waals surface area contributed by atoms with Crippen molar-refractivity contribution in [3.05, 3.63) is 28.3 Å². The standard InChI is InChI=1S/C13H17NO2S.Y/c1-8-7-10-4-2-3-9-5-6-11(12(9)10)13(8)17(14,15)16;/h7,9H,2-6H2,1H3,(H2,14,15,16);. The third kappa shape index (κ3) is 2.22. The molecule has 2 unspecified atom stereocenters. The van der Waals surface area contributed by atoms with Crippen LogP contribution in [0, 0.1) is 11.7 Å². The second kappa shape index (κ2) is 4.97. The van der Waals surface area contributed by atoms with E-state index in [1.807, 2.05) is 13.0 Å². The first-order valence-electron chi connectivity index (χ1n) is 6.15. The second-order valence-electron chi connectivity index (χ2n) is 5.23. The van der Waals surface area contributed by atoms with Crippen molar-refractivity contribution < 1.29 is 41.5 Å². The fourth-order valence-corrected chi connectivity index (χ4v) is 4.64. The summed E-state index contributed by atoms with van der Waals surface area (Å²) in [5.41, 5.74) is 4.51. The average Bonchev–Trinajstić information content (AvgIpc) is 2.61. The van der Waals surface area contributed by atoms with E-state index in [9.17, 15) is 8.76 Å². The zero-order chi connectivity index (χ0) is 12.2. The Labute approximate surface area is 133 Å². The Morgan fingerprint density at radius 2 is 2.11 bits per heavy atom. The first-order chi connectivity index (χ1) is 7.98. The van der Waals surface area contributed by atoms with E-state index in [0.29, 0.717) is 10.8 Å². The number of rotatable bonds is 1. The van der Waals surface area contributed by atoms with Crippen molar-refractivity contribution in [3.63, 3.8) is 0 Å². The fraction of sp³-hybridized carbons (Fsp3) is 0.538. The van der Waals surface area contributed by atoms with E-state index < -0.39 is 10.0 Å². The zero-order valence-electron chi connectivity index (χ0n) is 10.5. The van der Waals surface area contributed by atoms with Crippen molar-refractivity contribution >= 4 is 10.0 Å². The van der Waals surface area contributed by atoms with Crippen LogP contribution in [-0.4, -0.2) is 8.76 Å². The van der Waals surface area contributed by atoms with Gasteiger partial charge in [-0.05, 0) is 67.2 Å². The van der Waals surface area contributed by atoms with E-state index in [2.05, 4.69) is 0 Å². The second-order valence-corrected chi connectivity index (χ2v) is 6.69. The summed E-state index contributed by atoms with van der Waals surface area (Å²) in [6.07, 6.45) is 5.48. The fourth-order valence-electron chi connectivity index (χ4n) is 3.60. The van der Waals surface area contributed by atoms with Crippen LogP contribution in [0.25, 0.3) is 0 Å². The molecule has 1 aromatic carbocycles. The average molecular weight is 340 g/mol. The Bertz CT molecular complexity index is 595. The van der Waals surface area contributed by atoms with Crippen LogP contribution in [-0.2, 0) is 55.6 Å². The van der Waals surface area contributed by atoms with Gasteiger partial charge in [0.1, 0.15) is 0 Å². The quantitative estimate of drug-likeness (QED) is 0.824. The monoisotopic (exact) mass is 340 g/mol. The smallest absolute Gasteiger partial charge is 0.188 e. The van der Waals surface area contributed by atoms with Crippen LogP contribution in [0.3, 0.4) is 0 Å². The van der Waals surface area contributed by atoms with Crippen LogP contribution in [0.4, 0.5) is 0 Å². The minimum Gasteiger partial charge on any atom is -0.297 e. The number of benzene rings is 1. The van der Waals surface area contributed by atoms with E-state index in [1.165, 1.54) is 24.0 Å². The van der Waals surface area contributed by atoms with Crippen LogP contribution < -0.4 is 0 Å². The van der Waals surface area contributed by atoms with Gasteiger partial charge in [0.2, 0.25) is 0 Å². The molecule has 0 saturated carbocycles. The molecule has 5 heteroatoms. The number of aryl methyl sites for hydroxylation is 2. The molecule has 0 bridgehead atoms. The summed E-state index contributed by atoms with van der Waals surface area (Å²) in [5, 5.41) is 0. The summed E-state index contributed by atoms with van der Waals surface area (Å²) in [7, 11) is -3.58. The van der Waals surface area contributed by atoms with Crippen molar-refractivity contribution in [2.75, 3.05) is 0 Å². The van der Waals surface area contributed by atoms with Crippen LogP contribution in [0.15, 0.2) is 11.0 Å². The van der Waals surface area contributed by atoms with Gasteiger partial charge in [-0.3, -0.25) is 4.55 Å². The van der Waals surface area contributed by atoms with Crippen LogP contribution >= 0.6 is 0 Å². The molecule has 95 valence electrons. The molecule has 0 fully saturated rings. The number of hydrogen-bond donors (Lipinski definition) is 2. The summed E-state index contributed by atoms with van der Waals surface area (Å²) in [6.45, 7) is 1.86. The normalized spacial score (nSPS) is 24.0. The van der Waals surface area contributed by atoms with E-state index in [1.54, 1.807) is 0 Å². The number of nitrogens with one attached hydrogen (secondary N) is 1. The zero-order valence-corrected chi connectivity index (χ0v) is 14.2. The van der Waals surface area contributed by atoms with Gasteiger partial charge in [0.25, 0.3) is 0 Å². The Kier molecular flexibility index (Phi) is 4.04. The summed E-state index contributed by atoms with van der Waals surface area (Å²) in [5.74, 6) is 0.579. The molecule has 0 spiro atoms. The largest absolute Gasteiger partial charge is 0.297 e. The molecule has 2 aliphatic carbocycles. The molecule has 3 rings (SSSR count). The van der Waals surface area contributed by atoms with Gasteiger partial charge < -0.3 is 0 Å². The molecule has 2 atom stereocenters. The predicted octanol–water partition coefficient (Wildman–Crippen LogP) is 3.24. The minimum atomic E-state index is -3.58. The van der Waals surface area contributed by atoms with Crippen LogP contribution in [0.5, 0.6) is 0 Å². The van der Waals surface area contributed by atoms with Gasteiger partial charge in [0.15, 0.2) is 10.0 Å². The van der Waals surface area contributed by atoms with E-state index >= 15 is 0 Å². The molecule has 2 N–H and O–H groups in total. The molecule has 0 aromatic heterocycles. The van der Waals surface area contributed by atoms with Gasteiger partial charge in [-0.15, -0.1) is 0 Å². The molecular weight excluding hydrogens is 323 g/mol. The molecule has 0 saturated heterocycles. The Morgan fingerprint density at radius 3 is 2.78 bits per heavy atom. The Morgan fingerprint density at radius 1 is 1.39 bits per heavy atom. The molecule has 0 heterocycles. The molecule has 1 aromatic rings. The maximum atomic E-state index is 11.7. The summed E-state index contributed by atoms with van der Waals surface area (Å²) in [4.78, 5) is 0.403. The maximum absolute atomic E-state index is 11.7. The Hall–Kier alpha value is 0.234. The predicted molar refractivity (Wildman–Crippen MR) is 66.9 cm³/mol. The molecule has 18 heavy (non-hydrogen) atoms. The van der Waals surface area contributed by atoms with Crippen LogP contribution in [0.1, 0.15) is 47.4 Å². The van der Waals surface area contributed by atoms with E-state index in [4.69, 9.17) is 4.78 Å². The van der Waals surface area contributed by atoms with Crippen molar-refractivity contribution in [2.45, 2.75) is 49.8 Å². The van der Waals surface area contributed by atoms with Gasteiger partial charge >= 0.3 is 0 Å². The maximum Gasteiger partial charge on any atom is 0.188 e. The van der Waals surface area contributed by atoms with E-state index in [-0.39, 0.29) is 32.7 Å². The number of hydrogen-bond acceptors (Lipinski definition) is 2. The van der Waals surface area contributed by atoms with Gasteiger partial charge in [-0.2, -0.15) is 0 Å². The van der Waals surface area contributed by atoms with Crippen molar-refractivity contribution in [3.8, 4) is 0 Å². The van der Waals surface area contributed by atoms with Crippen LogP contribution in [0.2, 0.25) is 0 Å². The van der Waals surface area contributed by atoms with E-state index in [0.717, 1.165) is 30.4 Å². The third-order valence-corrected chi connectivity index (χ3v) is 5.24. The molecule has 0 aliphatic heterocycles. The molecule has 3 nitrogen and oxygen atoms in total. The van der Waals surface area contributed by atoms with Gasteiger partial charge in [0, 0.05) is 32.7 Å². The SMILES string of the molecule is Cc1cc2c3c(c1S(=N)(=O)O)CCC3CCC2.[Y]. The summed E-state index contributed by atoms with van der Waals surface area (Å²) in [6, 6.07) is 2.04. The van der Waals surface area contributed by atoms with Gasteiger partial charge in [-0.1, -0.05) is 6.07 Å². The minimum absolute atomic E-state index is 0. The topological polar surface area (TPSA) is 61.2 Å². The Balaban J connectivity index is 0.00000120. The molecule has 1 radical (unpaired) electrons. The van der Waals surface area contributed by atoms with Crippen molar-refractivity contribution in [2.24, 2.45) is 0 Å². The van der Waals surface area contributed by atoms with Gasteiger partial charge in [0.05, 0.1) is 4.90 Å². The van der Waals surface area contributed by atoms with Gasteiger partial charge in [-0.25, -0.2) is 8.99 Å². The molecule has 0 amide bonds. The van der Waals surface area contributed by atoms with Crippen molar-refractivity contribution in [1.29, 1.82) is 4.78 Å². The first kappa shape index (κ1) is 14.6. The van der Waals surface area contributed by atoms with Crippen molar-refractivity contribution in [1.82, 2.24) is 0 Å². The summed E-state index contributed by atoms with van der Waals surface area (Å²) < 4.78 is 28.8. The third-order valence-electron chi connectivity index (χ3n) is 4.12.